The lowest BCUT2D eigenvalue weighted by Crippen LogP contribution is -2.49. The van der Waals surface area contributed by atoms with E-state index in [0.29, 0.717) is 16.7 Å². The topological polar surface area (TPSA) is 154 Å². The van der Waals surface area contributed by atoms with Gasteiger partial charge in [-0.2, -0.15) is 5.26 Å². The maximum Gasteiger partial charge on any atom is 0.292 e. The molecule has 40 heavy (non-hydrogen) atoms. The number of aromatic hydroxyl groups is 1. The van der Waals surface area contributed by atoms with Gasteiger partial charge in [0.15, 0.2) is 11.6 Å². The smallest absolute Gasteiger partial charge is 0.292 e. The normalized spacial score (nSPS) is 16.6. The van der Waals surface area contributed by atoms with Crippen LogP contribution in [0.1, 0.15) is 52.2 Å². The number of rotatable bonds is 6. The number of furan rings is 1. The molecule has 0 bridgehead atoms. The van der Waals surface area contributed by atoms with Crippen molar-refractivity contribution in [1.82, 2.24) is 10.3 Å². The summed E-state index contributed by atoms with van der Waals surface area (Å²) in [6, 6.07) is 16.5. The van der Waals surface area contributed by atoms with Gasteiger partial charge in [0.05, 0.1) is 12.0 Å². The number of phenolic OH excluding ortho intramolecular Hbond substituents is 1. The lowest BCUT2D eigenvalue weighted by Gasteiger charge is -2.29. The van der Waals surface area contributed by atoms with Crippen LogP contribution in [0.15, 0.2) is 71.3 Å². The Morgan fingerprint density at radius 1 is 1.05 bits per heavy atom. The van der Waals surface area contributed by atoms with E-state index in [1.165, 1.54) is 18.4 Å². The van der Waals surface area contributed by atoms with E-state index in [1.807, 2.05) is 0 Å². The maximum atomic E-state index is 13.7. The SMILES string of the molecule is N#Cc1c(-c2cccc(C(=O)N[C@H]3CCCC[C@@H]3N)c2)cc(-c2ccc(F)cc2O)nc1NC(=O)c1ccco1. The van der Waals surface area contributed by atoms with Crippen LogP contribution in [0.4, 0.5) is 10.2 Å². The number of halogens is 1. The third-order valence-corrected chi connectivity index (χ3v) is 6.92. The highest BCUT2D eigenvalue weighted by molar-refractivity contribution is 6.03. The molecule has 2 amide bonds. The molecule has 2 heterocycles. The first-order valence-corrected chi connectivity index (χ1v) is 12.8. The minimum atomic E-state index is -0.641. The van der Waals surface area contributed by atoms with Crippen molar-refractivity contribution in [3.8, 4) is 34.2 Å². The summed E-state index contributed by atoms with van der Waals surface area (Å²) in [5, 5.41) is 26.2. The van der Waals surface area contributed by atoms with Crippen LogP contribution in [0.25, 0.3) is 22.4 Å². The molecule has 5 rings (SSSR count). The number of carbonyl (C=O) groups is 2. The highest BCUT2D eigenvalue weighted by Crippen LogP contribution is 2.36. The fourth-order valence-corrected chi connectivity index (χ4v) is 4.83. The molecule has 1 aliphatic carbocycles. The summed E-state index contributed by atoms with van der Waals surface area (Å²) in [6.45, 7) is 0. The van der Waals surface area contributed by atoms with Gasteiger partial charge in [0.2, 0.25) is 0 Å². The third-order valence-electron chi connectivity index (χ3n) is 6.92. The number of nitrogens with two attached hydrogens (primary N) is 1. The first-order chi connectivity index (χ1) is 19.3. The summed E-state index contributed by atoms with van der Waals surface area (Å²) in [6.07, 6.45) is 5.01. The van der Waals surface area contributed by atoms with E-state index < -0.39 is 11.7 Å². The van der Waals surface area contributed by atoms with E-state index in [0.717, 1.165) is 37.8 Å². The first-order valence-electron chi connectivity index (χ1n) is 12.8. The zero-order valence-corrected chi connectivity index (χ0v) is 21.4. The molecule has 0 aliphatic heterocycles. The number of benzene rings is 2. The Kier molecular flexibility index (Phi) is 7.57. The average Bonchev–Trinajstić information content (AvgIpc) is 3.49. The van der Waals surface area contributed by atoms with Crippen molar-refractivity contribution in [2.45, 2.75) is 37.8 Å². The van der Waals surface area contributed by atoms with E-state index in [-0.39, 0.29) is 52.1 Å². The van der Waals surface area contributed by atoms with Gasteiger partial charge in [-0.15, -0.1) is 0 Å². The highest BCUT2D eigenvalue weighted by Gasteiger charge is 2.25. The number of hydrogen-bond acceptors (Lipinski definition) is 7. The van der Waals surface area contributed by atoms with Crippen molar-refractivity contribution in [3.63, 3.8) is 0 Å². The number of anilines is 1. The number of pyridine rings is 1. The van der Waals surface area contributed by atoms with Gasteiger partial charge in [-0.1, -0.05) is 25.0 Å². The molecule has 2 aromatic carbocycles. The Morgan fingerprint density at radius 3 is 2.60 bits per heavy atom. The zero-order chi connectivity index (χ0) is 28.2. The molecule has 5 N–H and O–H groups in total. The van der Waals surface area contributed by atoms with Crippen molar-refractivity contribution >= 4 is 17.6 Å². The van der Waals surface area contributed by atoms with E-state index in [2.05, 4.69) is 21.7 Å². The van der Waals surface area contributed by atoms with Gasteiger partial charge in [-0.3, -0.25) is 9.59 Å². The van der Waals surface area contributed by atoms with E-state index in [9.17, 15) is 24.3 Å². The molecule has 0 radical (unpaired) electrons. The minimum Gasteiger partial charge on any atom is -0.507 e. The molecule has 0 unspecified atom stereocenters. The van der Waals surface area contributed by atoms with Crippen LogP contribution in [-0.2, 0) is 0 Å². The van der Waals surface area contributed by atoms with Gasteiger partial charge in [0.25, 0.3) is 11.8 Å². The van der Waals surface area contributed by atoms with Crippen molar-refractivity contribution in [3.05, 3.63) is 89.6 Å². The van der Waals surface area contributed by atoms with E-state index in [1.54, 1.807) is 36.4 Å². The molecule has 202 valence electrons. The van der Waals surface area contributed by atoms with Gasteiger partial charge >= 0.3 is 0 Å². The van der Waals surface area contributed by atoms with Gasteiger partial charge in [-0.05, 0) is 60.9 Å². The second-order valence-electron chi connectivity index (χ2n) is 9.59. The van der Waals surface area contributed by atoms with Crippen LogP contribution in [0.3, 0.4) is 0 Å². The second kappa shape index (κ2) is 11.4. The van der Waals surface area contributed by atoms with Gasteiger partial charge < -0.3 is 25.9 Å². The third kappa shape index (κ3) is 5.55. The van der Waals surface area contributed by atoms with Crippen molar-refractivity contribution in [2.75, 3.05) is 5.32 Å². The molecular formula is C30H26FN5O4. The lowest BCUT2D eigenvalue weighted by atomic mass is 9.90. The van der Waals surface area contributed by atoms with Crippen molar-refractivity contribution in [1.29, 1.82) is 5.26 Å². The molecule has 10 heteroatoms. The molecule has 0 spiro atoms. The maximum absolute atomic E-state index is 13.7. The Hall–Kier alpha value is -5.01. The standard InChI is InChI=1S/C30H26FN5O4/c31-19-10-11-20(26(37)14-19)25-15-21(22(16-32)28(34-25)36-30(39)27-9-4-12-40-27)17-5-3-6-18(13-17)29(38)35-24-8-2-1-7-23(24)33/h3-6,9-15,23-24,37H,1-2,7-8,33H2,(H,35,38)(H,34,36,39)/t23-,24-/m0/s1. The molecule has 1 fully saturated rings. The van der Waals surface area contributed by atoms with Gasteiger partial charge in [-0.25, -0.2) is 9.37 Å². The number of hydrogen-bond donors (Lipinski definition) is 4. The van der Waals surface area contributed by atoms with Crippen molar-refractivity contribution < 1.29 is 23.5 Å². The summed E-state index contributed by atoms with van der Waals surface area (Å²) < 4.78 is 18.9. The van der Waals surface area contributed by atoms with Crippen LogP contribution in [-0.4, -0.2) is 34.0 Å². The number of nitrogens with one attached hydrogen (secondary N) is 2. The summed E-state index contributed by atoms with van der Waals surface area (Å²) in [5.41, 5.74) is 7.79. The first kappa shape index (κ1) is 26.6. The molecule has 9 nitrogen and oxygen atoms in total. The quantitative estimate of drug-likeness (QED) is 0.269. The Balaban J connectivity index is 1.58. The average molecular weight is 540 g/mol. The van der Waals surface area contributed by atoms with Crippen LogP contribution in [0.2, 0.25) is 0 Å². The van der Waals surface area contributed by atoms with Crippen molar-refractivity contribution in [2.24, 2.45) is 5.73 Å². The van der Waals surface area contributed by atoms with Crippen LogP contribution in [0.5, 0.6) is 5.75 Å². The molecule has 1 saturated carbocycles. The summed E-state index contributed by atoms with van der Waals surface area (Å²) in [4.78, 5) is 30.3. The molecule has 2 aromatic heterocycles. The largest absolute Gasteiger partial charge is 0.507 e. The fraction of sp³-hybridized carbons (Fsp3) is 0.200. The molecule has 4 aromatic rings. The van der Waals surface area contributed by atoms with Crippen LogP contribution < -0.4 is 16.4 Å². The summed E-state index contributed by atoms with van der Waals surface area (Å²) >= 11 is 0. The zero-order valence-electron chi connectivity index (χ0n) is 21.4. The van der Waals surface area contributed by atoms with E-state index >= 15 is 0 Å². The number of nitriles is 1. The predicted octanol–water partition coefficient (Wildman–Crippen LogP) is 4.98. The minimum absolute atomic E-state index is 0.00172. The number of amides is 2. The lowest BCUT2D eigenvalue weighted by molar-refractivity contribution is 0.0920. The molecule has 2 atom stereocenters. The summed E-state index contributed by atoms with van der Waals surface area (Å²) in [5.74, 6) is -2.04. The fourth-order valence-electron chi connectivity index (χ4n) is 4.83. The number of carbonyl (C=O) groups excluding carboxylic acids is 2. The highest BCUT2D eigenvalue weighted by atomic mass is 19.1. The Labute approximate surface area is 229 Å². The molecule has 0 saturated heterocycles. The van der Waals surface area contributed by atoms with Crippen LogP contribution >= 0.6 is 0 Å². The molecule has 1 aliphatic rings. The number of aromatic nitrogens is 1. The van der Waals surface area contributed by atoms with E-state index in [4.69, 9.17) is 10.2 Å². The second-order valence-corrected chi connectivity index (χ2v) is 9.59. The molecular weight excluding hydrogens is 513 g/mol. The monoisotopic (exact) mass is 539 g/mol. The van der Waals surface area contributed by atoms with Crippen LogP contribution in [0, 0.1) is 17.1 Å². The predicted molar refractivity (Wildman–Crippen MR) is 146 cm³/mol. The Morgan fingerprint density at radius 2 is 1.88 bits per heavy atom. The van der Waals surface area contributed by atoms with Gasteiger partial charge in [0.1, 0.15) is 23.2 Å². The van der Waals surface area contributed by atoms with Gasteiger partial charge in [0, 0.05) is 34.8 Å². The number of nitrogens with zero attached hydrogens (tertiary/aromatic N) is 2. The summed E-state index contributed by atoms with van der Waals surface area (Å²) in [7, 11) is 0. The number of phenols is 1. The Bertz CT molecular complexity index is 1610.